The molecular weight excluding hydrogens is 271 g/mol. The molecule has 0 fully saturated rings. The lowest BCUT2D eigenvalue weighted by Crippen LogP contribution is -2.02. The molecule has 0 radical (unpaired) electrons. The summed E-state index contributed by atoms with van der Waals surface area (Å²) in [4.78, 5) is 15.5. The topological polar surface area (TPSA) is 55.1 Å². The Kier molecular flexibility index (Phi) is 2.97. The first-order valence-electron chi connectivity index (χ1n) is 6.46. The Hall–Kier alpha value is -2.69. The molecule has 0 aliphatic rings. The highest BCUT2D eigenvalue weighted by molar-refractivity contribution is 5.93. The molecule has 0 amide bonds. The third-order valence-electron chi connectivity index (χ3n) is 3.41. The molecule has 3 rings (SSSR count). The highest BCUT2D eigenvalue weighted by Gasteiger charge is 2.15. The molecule has 2 aromatic carbocycles. The molecule has 5 heteroatoms. The molecule has 0 aliphatic carbocycles. The second-order valence-corrected chi connectivity index (χ2v) is 4.96. The van der Waals surface area contributed by atoms with E-state index in [-0.39, 0.29) is 11.4 Å². The van der Waals surface area contributed by atoms with Crippen molar-refractivity contribution in [1.82, 2.24) is 9.55 Å². The molecule has 0 saturated heterocycles. The minimum absolute atomic E-state index is 0.150. The summed E-state index contributed by atoms with van der Waals surface area (Å²) < 4.78 is 15.8. The van der Waals surface area contributed by atoms with E-state index >= 15 is 0 Å². The Labute approximate surface area is 120 Å². The highest BCUT2D eigenvalue weighted by Crippen LogP contribution is 2.25. The molecule has 1 aromatic heterocycles. The summed E-state index contributed by atoms with van der Waals surface area (Å²) in [6, 6.07) is 9.45. The van der Waals surface area contributed by atoms with Gasteiger partial charge < -0.3 is 5.11 Å². The van der Waals surface area contributed by atoms with Gasteiger partial charge in [-0.3, -0.25) is 4.57 Å². The van der Waals surface area contributed by atoms with Gasteiger partial charge in [0.25, 0.3) is 0 Å². The maximum Gasteiger partial charge on any atom is 0.335 e. The van der Waals surface area contributed by atoms with Crippen LogP contribution in [0, 0.1) is 19.7 Å². The highest BCUT2D eigenvalue weighted by atomic mass is 19.1. The van der Waals surface area contributed by atoms with Crippen molar-refractivity contribution in [2.45, 2.75) is 13.8 Å². The second kappa shape index (κ2) is 4.70. The van der Waals surface area contributed by atoms with Crippen molar-refractivity contribution in [2.75, 3.05) is 0 Å². The van der Waals surface area contributed by atoms with Gasteiger partial charge in [0.15, 0.2) is 0 Å². The average molecular weight is 284 g/mol. The van der Waals surface area contributed by atoms with Crippen LogP contribution in [0.4, 0.5) is 4.39 Å². The predicted octanol–water partition coefficient (Wildman–Crippen LogP) is 3.48. The Morgan fingerprint density at radius 2 is 1.95 bits per heavy atom. The number of imidazole rings is 1. The van der Waals surface area contributed by atoms with E-state index < -0.39 is 5.97 Å². The van der Waals surface area contributed by atoms with Crippen LogP contribution in [-0.2, 0) is 0 Å². The standard InChI is InChI=1S/C16H13FN2O2/c1-9-3-5-12(17)14(7-9)19-10(2)18-13-6-4-11(16(20)21)8-15(13)19/h3-8H,1-2H3,(H,20,21). The lowest BCUT2D eigenvalue weighted by Gasteiger charge is -2.09. The SMILES string of the molecule is Cc1ccc(F)c(-n2c(C)nc3ccc(C(=O)O)cc32)c1. The molecule has 0 bridgehead atoms. The van der Waals surface area contributed by atoms with Gasteiger partial charge in [-0.05, 0) is 49.7 Å². The average Bonchev–Trinajstić information content (AvgIpc) is 2.76. The number of aromatic carboxylic acids is 1. The van der Waals surface area contributed by atoms with Gasteiger partial charge in [0.2, 0.25) is 0 Å². The number of rotatable bonds is 2. The van der Waals surface area contributed by atoms with Crippen LogP contribution in [0.2, 0.25) is 0 Å². The van der Waals surface area contributed by atoms with Crippen LogP contribution < -0.4 is 0 Å². The first kappa shape index (κ1) is 13.3. The molecular formula is C16H13FN2O2. The summed E-state index contributed by atoms with van der Waals surface area (Å²) in [5.74, 6) is -0.784. The zero-order valence-electron chi connectivity index (χ0n) is 11.6. The lowest BCUT2D eigenvalue weighted by atomic mass is 10.2. The van der Waals surface area contributed by atoms with Crippen LogP contribution in [0.25, 0.3) is 16.7 Å². The molecule has 21 heavy (non-hydrogen) atoms. The number of hydrogen-bond donors (Lipinski definition) is 1. The molecule has 106 valence electrons. The molecule has 1 N–H and O–H groups in total. The normalized spacial score (nSPS) is 11.0. The maximum absolute atomic E-state index is 14.1. The monoisotopic (exact) mass is 284 g/mol. The van der Waals surface area contributed by atoms with E-state index in [1.165, 1.54) is 18.2 Å². The van der Waals surface area contributed by atoms with Crippen LogP contribution in [-0.4, -0.2) is 20.6 Å². The van der Waals surface area contributed by atoms with Crippen LogP contribution in [0.15, 0.2) is 36.4 Å². The van der Waals surface area contributed by atoms with Gasteiger partial charge in [-0.25, -0.2) is 14.2 Å². The number of hydrogen-bond acceptors (Lipinski definition) is 2. The van der Waals surface area contributed by atoms with Crippen LogP contribution in [0.3, 0.4) is 0 Å². The number of fused-ring (bicyclic) bond motifs is 1. The summed E-state index contributed by atoms with van der Waals surface area (Å²) >= 11 is 0. The van der Waals surface area contributed by atoms with Crippen molar-refractivity contribution in [2.24, 2.45) is 0 Å². The Morgan fingerprint density at radius 1 is 1.19 bits per heavy atom. The number of nitrogens with zero attached hydrogens (tertiary/aromatic N) is 2. The van der Waals surface area contributed by atoms with E-state index in [1.54, 1.807) is 29.7 Å². The van der Waals surface area contributed by atoms with Crippen molar-refractivity contribution in [1.29, 1.82) is 0 Å². The molecule has 3 aromatic rings. The van der Waals surface area contributed by atoms with Gasteiger partial charge in [0, 0.05) is 0 Å². The Morgan fingerprint density at radius 3 is 2.67 bits per heavy atom. The minimum atomic E-state index is -1.02. The number of carboxylic acid groups (broad SMARTS) is 1. The fourth-order valence-corrected chi connectivity index (χ4v) is 2.43. The molecule has 0 spiro atoms. The van der Waals surface area contributed by atoms with E-state index in [1.807, 2.05) is 6.92 Å². The molecule has 0 aliphatic heterocycles. The van der Waals surface area contributed by atoms with Crippen molar-refractivity contribution < 1.29 is 14.3 Å². The third kappa shape index (κ3) is 2.16. The lowest BCUT2D eigenvalue weighted by molar-refractivity contribution is 0.0697. The van der Waals surface area contributed by atoms with Gasteiger partial charge >= 0.3 is 5.97 Å². The van der Waals surface area contributed by atoms with Gasteiger partial charge in [-0.1, -0.05) is 6.07 Å². The number of carboxylic acids is 1. The van der Waals surface area contributed by atoms with Gasteiger partial charge in [-0.15, -0.1) is 0 Å². The fourth-order valence-electron chi connectivity index (χ4n) is 2.43. The van der Waals surface area contributed by atoms with Crippen LogP contribution >= 0.6 is 0 Å². The fraction of sp³-hybridized carbons (Fsp3) is 0.125. The van der Waals surface area contributed by atoms with E-state index in [0.29, 0.717) is 22.5 Å². The van der Waals surface area contributed by atoms with Crippen molar-refractivity contribution in [3.63, 3.8) is 0 Å². The van der Waals surface area contributed by atoms with Gasteiger partial charge in [-0.2, -0.15) is 0 Å². The zero-order valence-corrected chi connectivity index (χ0v) is 11.6. The van der Waals surface area contributed by atoms with Gasteiger partial charge in [0.1, 0.15) is 11.6 Å². The minimum Gasteiger partial charge on any atom is -0.478 e. The number of benzene rings is 2. The Bertz CT molecular complexity index is 868. The number of aryl methyl sites for hydroxylation is 2. The molecule has 0 unspecified atom stereocenters. The summed E-state index contributed by atoms with van der Waals surface area (Å²) in [5.41, 5.74) is 2.66. The number of aromatic nitrogens is 2. The van der Waals surface area contributed by atoms with Gasteiger partial charge in [0.05, 0.1) is 22.3 Å². The predicted molar refractivity (Wildman–Crippen MR) is 77.5 cm³/mol. The number of carbonyl (C=O) groups is 1. The second-order valence-electron chi connectivity index (χ2n) is 4.96. The van der Waals surface area contributed by atoms with E-state index in [9.17, 15) is 9.18 Å². The smallest absolute Gasteiger partial charge is 0.335 e. The number of halogens is 1. The molecule has 0 saturated carbocycles. The van der Waals surface area contributed by atoms with E-state index in [4.69, 9.17) is 5.11 Å². The first-order chi connectivity index (χ1) is 9.97. The van der Waals surface area contributed by atoms with Crippen molar-refractivity contribution in [3.05, 3.63) is 59.2 Å². The Balaban J connectivity index is 2.35. The summed E-state index contributed by atoms with van der Waals surface area (Å²) in [6.07, 6.45) is 0. The van der Waals surface area contributed by atoms with E-state index in [2.05, 4.69) is 4.98 Å². The van der Waals surface area contributed by atoms with Crippen LogP contribution in [0.1, 0.15) is 21.7 Å². The van der Waals surface area contributed by atoms with Crippen LogP contribution in [0.5, 0.6) is 0 Å². The summed E-state index contributed by atoms with van der Waals surface area (Å²) in [7, 11) is 0. The zero-order chi connectivity index (χ0) is 15.1. The largest absolute Gasteiger partial charge is 0.478 e. The summed E-state index contributed by atoms with van der Waals surface area (Å²) in [6.45, 7) is 3.64. The summed E-state index contributed by atoms with van der Waals surface area (Å²) in [5, 5.41) is 9.11. The third-order valence-corrected chi connectivity index (χ3v) is 3.41. The first-order valence-corrected chi connectivity index (χ1v) is 6.46. The van der Waals surface area contributed by atoms with Crippen molar-refractivity contribution in [3.8, 4) is 5.69 Å². The van der Waals surface area contributed by atoms with E-state index in [0.717, 1.165) is 5.56 Å². The quantitative estimate of drug-likeness (QED) is 0.783. The molecule has 0 atom stereocenters. The maximum atomic E-state index is 14.1. The van der Waals surface area contributed by atoms with Crippen molar-refractivity contribution >= 4 is 17.0 Å². The molecule has 4 nitrogen and oxygen atoms in total. The molecule has 1 heterocycles.